The highest BCUT2D eigenvalue weighted by molar-refractivity contribution is 7.22. The summed E-state index contributed by atoms with van der Waals surface area (Å²) >= 11 is 1.37. The summed E-state index contributed by atoms with van der Waals surface area (Å²) in [5.74, 6) is 1.78. The van der Waals surface area contributed by atoms with Gasteiger partial charge < -0.3 is 24.4 Å². The van der Waals surface area contributed by atoms with Gasteiger partial charge in [-0.15, -0.1) is 0 Å². The third kappa shape index (κ3) is 4.01. The topological polar surface area (TPSA) is 93.2 Å². The minimum Gasteiger partial charge on any atom is -0.494 e. The van der Waals surface area contributed by atoms with Crippen LogP contribution in [0, 0.1) is 0 Å². The predicted octanol–water partition coefficient (Wildman–Crippen LogP) is 3.35. The van der Waals surface area contributed by atoms with Crippen molar-refractivity contribution in [3.05, 3.63) is 36.4 Å². The maximum atomic E-state index is 12.9. The molecule has 0 bridgehead atoms. The Balaban J connectivity index is 1.22. The number of nitrogens with zero attached hydrogens (tertiary/aromatic N) is 3. The number of nitrogens with one attached hydrogen (secondary N) is 1. The Hall–Kier alpha value is -3.53. The van der Waals surface area contributed by atoms with E-state index >= 15 is 0 Å². The van der Waals surface area contributed by atoms with Gasteiger partial charge in [-0.2, -0.15) is 0 Å². The molecule has 9 nitrogen and oxygen atoms in total. The molecule has 0 aliphatic carbocycles. The van der Waals surface area contributed by atoms with Gasteiger partial charge in [-0.1, -0.05) is 11.3 Å². The average Bonchev–Trinajstić information content (AvgIpc) is 3.36. The molecule has 0 atom stereocenters. The maximum Gasteiger partial charge on any atom is 0.325 e. The Morgan fingerprint density at radius 1 is 1.16 bits per heavy atom. The molecule has 1 fully saturated rings. The zero-order valence-corrected chi connectivity index (χ0v) is 18.3. The molecule has 1 saturated heterocycles. The second-order valence-corrected chi connectivity index (χ2v) is 8.34. The maximum absolute atomic E-state index is 12.9. The lowest BCUT2D eigenvalue weighted by Gasteiger charge is -2.22. The third-order valence-corrected chi connectivity index (χ3v) is 6.12. The molecule has 1 N–H and O–H groups in total. The third-order valence-electron chi connectivity index (χ3n) is 5.18. The van der Waals surface area contributed by atoms with Crippen molar-refractivity contribution in [1.82, 2.24) is 9.88 Å². The first kappa shape index (κ1) is 20.4. The van der Waals surface area contributed by atoms with Crippen LogP contribution < -0.4 is 24.4 Å². The van der Waals surface area contributed by atoms with Crippen LogP contribution >= 0.6 is 11.3 Å². The van der Waals surface area contributed by atoms with Crippen molar-refractivity contribution in [3.63, 3.8) is 0 Å². The van der Waals surface area contributed by atoms with Crippen molar-refractivity contribution in [2.45, 2.75) is 6.92 Å². The van der Waals surface area contributed by atoms with Gasteiger partial charge in [-0.25, -0.2) is 9.78 Å². The van der Waals surface area contributed by atoms with Crippen molar-refractivity contribution < 1.29 is 23.8 Å². The van der Waals surface area contributed by atoms with E-state index in [1.165, 1.54) is 16.2 Å². The van der Waals surface area contributed by atoms with Crippen LogP contribution in [-0.4, -0.2) is 61.3 Å². The number of urea groups is 1. The minimum absolute atomic E-state index is 0.0417. The van der Waals surface area contributed by atoms with Crippen LogP contribution in [0.15, 0.2) is 36.4 Å². The summed E-state index contributed by atoms with van der Waals surface area (Å²) in [6, 6.07) is 10.8. The van der Waals surface area contributed by atoms with Crippen molar-refractivity contribution in [3.8, 4) is 17.2 Å². The molecule has 3 amide bonds. The van der Waals surface area contributed by atoms with Gasteiger partial charge in [0.1, 0.15) is 25.5 Å². The minimum atomic E-state index is -0.286. The van der Waals surface area contributed by atoms with Crippen LogP contribution in [-0.2, 0) is 4.79 Å². The molecular formula is C22H22N4O5S. The van der Waals surface area contributed by atoms with E-state index in [-0.39, 0.29) is 18.5 Å². The summed E-state index contributed by atoms with van der Waals surface area (Å²) in [5.41, 5.74) is 1.51. The quantitative estimate of drug-likeness (QED) is 0.614. The monoisotopic (exact) mass is 454 g/mol. The molecule has 3 aromatic rings. The highest BCUT2D eigenvalue weighted by atomic mass is 32.1. The largest absolute Gasteiger partial charge is 0.494 e. The Labute approximate surface area is 188 Å². The van der Waals surface area contributed by atoms with Crippen LogP contribution in [0.3, 0.4) is 0 Å². The van der Waals surface area contributed by atoms with Crippen LogP contribution in [0.4, 0.5) is 15.6 Å². The predicted molar refractivity (Wildman–Crippen MR) is 121 cm³/mol. The van der Waals surface area contributed by atoms with E-state index in [0.717, 1.165) is 21.7 Å². The fourth-order valence-corrected chi connectivity index (χ4v) is 4.63. The van der Waals surface area contributed by atoms with Gasteiger partial charge in [0.05, 0.1) is 16.8 Å². The molecule has 1 aromatic heterocycles. The number of rotatable bonds is 6. The SMILES string of the molecule is CCOc1ccc2nc(NC(=O)CN3CCN(c4ccc5c(c4)OCCO5)C3=O)sc2c1. The molecule has 32 heavy (non-hydrogen) atoms. The van der Waals surface area contributed by atoms with Gasteiger partial charge >= 0.3 is 6.03 Å². The zero-order chi connectivity index (χ0) is 22.1. The van der Waals surface area contributed by atoms with E-state index in [0.29, 0.717) is 49.5 Å². The van der Waals surface area contributed by atoms with E-state index in [4.69, 9.17) is 14.2 Å². The summed E-state index contributed by atoms with van der Waals surface area (Å²) in [4.78, 5) is 33.1. The number of carbonyl (C=O) groups is 2. The van der Waals surface area contributed by atoms with E-state index < -0.39 is 0 Å². The van der Waals surface area contributed by atoms with Crippen LogP contribution in [0.1, 0.15) is 6.92 Å². The number of hydrogen-bond acceptors (Lipinski definition) is 7. The van der Waals surface area contributed by atoms with Gasteiger partial charge in [0.25, 0.3) is 0 Å². The fourth-order valence-electron chi connectivity index (χ4n) is 3.72. The molecule has 0 saturated carbocycles. The first-order chi connectivity index (χ1) is 15.6. The number of thiazole rings is 1. The number of aromatic nitrogens is 1. The van der Waals surface area contributed by atoms with Crippen LogP contribution in [0.5, 0.6) is 17.2 Å². The first-order valence-electron chi connectivity index (χ1n) is 10.4. The number of amides is 3. The summed E-state index contributed by atoms with van der Waals surface area (Å²) in [6.07, 6.45) is 0. The second-order valence-electron chi connectivity index (χ2n) is 7.31. The first-order valence-corrected chi connectivity index (χ1v) is 11.2. The van der Waals surface area contributed by atoms with Crippen LogP contribution in [0.2, 0.25) is 0 Å². The summed E-state index contributed by atoms with van der Waals surface area (Å²) in [6.45, 7) is 4.42. The standard InChI is InChI=1S/C22H22N4O5S/c1-2-29-15-4-5-16-19(12-15)32-21(23-16)24-20(27)13-25-7-8-26(22(25)28)14-3-6-17-18(11-14)31-10-9-30-17/h3-6,11-12H,2,7-10,13H2,1H3,(H,23,24,27). The van der Waals surface area contributed by atoms with Gasteiger partial charge in [0.2, 0.25) is 5.91 Å². The lowest BCUT2D eigenvalue weighted by Crippen LogP contribution is -2.37. The molecule has 0 radical (unpaired) electrons. The van der Waals surface area contributed by atoms with E-state index in [9.17, 15) is 9.59 Å². The van der Waals surface area contributed by atoms with Crippen molar-refractivity contribution in [2.75, 3.05) is 49.7 Å². The van der Waals surface area contributed by atoms with E-state index in [1.54, 1.807) is 17.0 Å². The number of hydrogen-bond donors (Lipinski definition) is 1. The van der Waals surface area contributed by atoms with Crippen molar-refractivity contribution in [2.24, 2.45) is 0 Å². The van der Waals surface area contributed by atoms with Gasteiger partial charge in [0.15, 0.2) is 16.6 Å². The average molecular weight is 455 g/mol. The number of anilines is 2. The van der Waals surface area contributed by atoms with E-state index in [1.807, 2.05) is 31.2 Å². The highest BCUT2D eigenvalue weighted by Crippen LogP contribution is 2.35. The van der Waals surface area contributed by atoms with Gasteiger partial charge in [0, 0.05) is 24.8 Å². The van der Waals surface area contributed by atoms with Crippen molar-refractivity contribution in [1.29, 1.82) is 0 Å². The Morgan fingerprint density at radius 3 is 2.84 bits per heavy atom. The highest BCUT2D eigenvalue weighted by Gasteiger charge is 2.31. The molecule has 2 aliphatic rings. The fraction of sp³-hybridized carbons (Fsp3) is 0.318. The molecule has 166 valence electrons. The van der Waals surface area contributed by atoms with Gasteiger partial charge in [-0.3, -0.25) is 9.69 Å². The number of ether oxygens (including phenoxy) is 3. The lowest BCUT2D eigenvalue weighted by molar-refractivity contribution is -0.116. The Bertz CT molecular complexity index is 1180. The molecular weight excluding hydrogens is 432 g/mol. The Morgan fingerprint density at radius 2 is 2.00 bits per heavy atom. The number of fused-ring (bicyclic) bond motifs is 2. The number of carbonyl (C=O) groups excluding carboxylic acids is 2. The Kier molecular flexibility index (Phi) is 5.44. The molecule has 0 spiro atoms. The summed E-state index contributed by atoms with van der Waals surface area (Å²) in [5, 5.41) is 3.30. The molecule has 0 unspecified atom stereocenters. The molecule has 10 heteroatoms. The second kappa shape index (κ2) is 8.54. The smallest absolute Gasteiger partial charge is 0.325 e. The lowest BCUT2D eigenvalue weighted by atomic mass is 10.2. The summed E-state index contributed by atoms with van der Waals surface area (Å²) < 4.78 is 17.6. The molecule has 2 aromatic carbocycles. The summed E-state index contributed by atoms with van der Waals surface area (Å²) in [7, 11) is 0. The van der Waals surface area contributed by atoms with Crippen molar-refractivity contribution >= 4 is 44.3 Å². The molecule has 5 rings (SSSR count). The number of benzene rings is 2. The van der Waals surface area contributed by atoms with Gasteiger partial charge in [-0.05, 0) is 37.3 Å². The zero-order valence-electron chi connectivity index (χ0n) is 17.5. The van der Waals surface area contributed by atoms with Crippen LogP contribution in [0.25, 0.3) is 10.2 Å². The molecule has 3 heterocycles. The van der Waals surface area contributed by atoms with E-state index in [2.05, 4.69) is 10.3 Å². The normalized spacial score (nSPS) is 15.3. The molecule has 2 aliphatic heterocycles.